The fraction of sp³-hybridized carbons (Fsp3) is 0.605. The molecular formula is C38H58N2. The SMILES string of the molecule is CCCCCCCCCCCCCCCCCC(c1nccn1CC)C(C)(Cc1ccccc1)c1ccccc1. The summed E-state index contributed by atoms with van der Waals surface area (Å²) in [6.45, 7) is 8.00. The van der Waals surface area contributed by atoms with Crippen LogP contribution in [0.5, 0.6) is 0 Å². The number of aryl methyl sites for hydroxylation is 1. The summed E-state index contributed by atoms with van der Waals surface area (Å²) >= 11 is 0. The number of aromatic nitrogens is 2. The van der Waals surface area contributed by atoms with Crippen LogP contribution in [0.1, 0.15) is 146 Å². The van der Waals surface area contributed by atoms with Gasteiger partial charge in [-0.25, -0.2) is 4.98 Å². The summed E-state index contributed by atoms with van der Waals surface area (Å²) in [5.41, 5.74) is 2.82. The number of hydrogen-bond acceptors (Lipinski definition) is 1. The zero-order valence-electron chi connectivity index (χ0n) is 26.1. The molecule has 0 aliphatic rings. The van der Waals surface area contributed by atoms with E-state index in [0.29, 0.717) is 5.92 Å². The molecule has 0 radical (unpaired) electrons. The molecule has 0 N–H and O–H groups in total. The lowest BCUT2D eigenvalue weighted by molar-refractivity contribution is 0.323. The molecule has 0 fully saturated rings. The predicted molar refractivity (Wildman–Crippen MR) is 174 cm³/mol. The molecule has 2 aromatic carbocycles. The molecule has 220 valence electrons. The second-order valence-electron chi connectivity index (χ2n) is 12.3. The quantitative estimate of drug-likeness (QED) is 0.115. The van der Waals surface area contributed by atoms with E-state index in [0.717, 1.165) is 13.0 Å². The van der Waals surface area contributed by atoms with Crippen molar-refractivity contribution in [3.63, 3.8) is 0 Å². The van der Waals surface area contributed by atoms with Crippen molar-refractivity contribution in [2.75, 3.05) is 0 Å². The molecule has 3 rings (SSSR count). The fourth-order valence-electron chi connectivity index (χ4n) is 6.62. The van der Waals surface area contributed by atoms with Crippen molar-refractivity contribution in [3.8, 4) is 0 Å². The zero-order valence-corrected chi connectivity index (χ0v) is 26.1. The van der Waals surface area contributed by atoms with E-state index in [1.54, 1.807) is 0 Å². The van der Waals surface area contributed by atoms with Gasteiger partial charge in [-0.3, -0.25) is 0 Å². The average Bonchev–Trinajstić information content (AvgIpc) is 3.46. The first-order chi connectivity index (χ1) is 19.7. The summed E-state index contributed by atoms with van der Waals surface area (Å²) in [6, 6.07) is 22.3. The van der Waals surface area contributed by atoms with Crippen LogP contribution in [0, 0.1) is 0 Å². The summed E-state index contributed by atoms with van der Waals surface area (Å²) in [6.07, 6.45) is 27.5. The summed E-state index contributed by atoms with van der Waals surface area (Å²) in [7, 11) is 0. The van der Waals surface area contributed by atoms with Gasteiger partial charge in [0.1, 0.15) is 5.82 Å². The largest absolute Gasteiger partial charge is 0.335 e. The van der Waals surface area contributed by atoms with Crippen molar-refractivity contribution in [3.05, 3.63) is 90.0 Å². The van der Waals surface area contributed by atoms with E-state index in [2.05, 4.69) is 92.2 Å². The molecule has 1 heterocycles. The first-order valence-electron chi connectivity index (χ1n) is 16.8. The van der Waals surface area contributed by atoms with Gasteiger partial charge in [-0.1, -0.05) is 171 Å². The van der Waals surface area contributed by atoms with E-state index in [-0.39, 0.29) is 5.41 Å². The van der Waals surface area contributed by atoms with Gasteiger partial charge in [0.25, 0.3) is 0 Å². The second-order valence-corrected chi connectivity index (χ2v) is 12.3. The van der Waals surface area contributed by atoms with E-state index in [4.69, 9.17) is 4.98 Å². The van der Waals surface area contributed by atoms with Crippen LogP contribution in [0.4, 0.5) is 0 Å². The minimum Gasteiger partial charge on any atom is -0.335 e. The smallest absolute Gasteiger partial charge is 0.112 e. The maximum absolute atomic E-state index is 4.97. The van der Waals surface area contributed by atoms with Crippen LogP contribution in [0.15, 0.2) is 73.1 Å². The maximum atomic E-state index is 4.97. The van der Waals surface area contributed by atoms with Gasteiger partial charge in [-0.05, 0) is 30.9 Å². The molecule has 2 unspecified atom stereocenters. The van der Waals surface area contributed by atoms with Crippen LogP contribution in [-0.2, 0) is 18.4 Å². The van der Waals surface area contributed by atoms with Crippen LogP contribution in [0.2, 0.25) is 0 Å². The summed E-state index contributed by atoms with van der Waals surface area (Å²) < 4.78 is 2.38. The summed E-state index contributed by atoms with van der Waals surface area (Å²) in [5, 5.41) is 0. The van der Waals surface area contributed by atoms with Gasteiger partial charge in [0.15, 0.2) is 0 Å². The van der Waals surface area contributed by atoms with E-state index in [1.807, 2.05) is 6.20 Å². The third-order valence-electron chi connectivity index (χ3n) is 9.11. The van der Waals surface area contributed by atoms with E-state index < -0.39 is 0 Å². The molecule has 2 atom stereocenters. The van der Waals surface area contributed by atoms with Crippen molar-refractivity contribution in [1.29, 1.82) is 0 Å². The Balaban J connectivity index is 1.51. The number of benzene rings is 2. The third-order valence-corrected chi connectivity index (χ3v) is 9.11. The molecular weight excluding hydrogens is 484 g/mol. The molecule has 0 amide bonds. The lowest BCUT2D eigenvalue weighted by Crippen LogP contribution is -2.35. The third kappa shape index (κ3) is 10.6. The van der Waals surface area contributed by atoms with Crippen LogP contribution in [0.25, 0.3) is 0 Å². The van der Waals surface area contributed by atoms with Crippen molar-refractivity contribution in [2.45, 2.75) is 148 Å². The molecule has 0 aliphatic heterocycles. The Bertz CT molecular complexity index is 1010. The molecule has 40 heavy (non-hydrogen) atoms. The summed E-state index contributed by atoms with van der Waals surface area (Å²) in [4.78, 5) is 4.97. The lowest BCUT2D eigenvalue weighted by atomic mass is 9.66. The Morgan fingerprint density at radius 3 is 1.68 bits per heavy atom. The van der Waals surface area contributed by atoms with E-state index in [1.165, 1.54) is 120 Å². The van der Waals surface area contributed by atoms with Crippen molar-refractivity contribution < 1.29 is 0 Å². The van der Waals surface area contributed by atoms with Gasteiger partial charge >= 0.3 is 0 Å². The Morgan fingerprint density at radius 2 is 1.15 bits per heavy atom. The Morgan fingerprint density at radius 1 is 0.650 bits per heavy atom. The highest BCUT2D eigenvalue weighted by Crippen LogP contribution is 2.44. The van der Waals surface area contributed by atoms with Gasteiger partial charge in [-0.2, -0.15) is 0 Å². The Hall–Kier alpha value is -2.35. The van der Waals surface area contributed by atoms with Crippen LogP contribution >= 0.6 is 0 Å². The molecule has 2 nitrogen and oxygen atoms in total. The standard InChI is InChI=1S/C38H58N2/c1-4-6-7-8-9-10-11-12-13-14-15-16-17-18-25-30-36(37-39-31-32-40(37)5-2)38(3,35-28-23-20-24-29-35)33-34-26-21-19-22-27-34/h19-24,26-29,31-32,36H,4-18,25,30,33H2,1-3H3. The molecule has 0 aliphatic carbocycles. The Kier molecular flexibility index (Phi) is 15.2. The predicted octanol–water partition coefficient (Wildman–Crippen LogP) is 11.4. The normalized spacial score (nSPS) is 13.8. The topological polar surface area (TPSA) is 17.8 Å². The summed E-state index contributed by atoms with van der Waals surface area (Å²) in [5.74, 6) is 1.64. The number of rotatable bonds is 22. The zero-order chi connectivity index (χ0) is 28.3. The van der Waals surface area contributed by atoms with Crippen LogP contribution in [-0.4, -0.2) is 9.55 Å². The van der Waals surface area contributed by atoms with E-state index >= 15 is 0 Å². The fourth-order valence-corrected chi connectivity index (χ4v) is 6.62. The average molecular weight is 543 g/mol. The van der Waals surface area contributed by atoms with Gasteiger partial charge in [0, 0.05) is 30.3 Å². The number of unbranched alkanes of at least 4 members (excludes halogenated alkanes) is 14. The van der Waals surface area contributed by atoms with Crippen molar-refractivity contribution in [2.24, 2.45) is 0 Å². The van der Waals surface area contributed by atoms with Crippen molar-refractivity contribution in [1.82, 2.24) is 9.55 Å². The van der Waals surface area contributed by atoms with Crippen LogP contribution in [0.3, 0.4) is 0 Å². The highest BCUT2D eigenvalue weighted by Gasteiger charge is 2.39. The number of hydrogen-bond donors (Lipinski definition) is 0. The van der Waals surface area contributed by atoms with E-state index in [9.17, 15) is 0 Å². The molecule has 1 aromatic heterocycles. The van der Waals surface area contributed by atoms with Crippen LogP contribution < -0.4 is 0 Å². The first-order valence-corrected chi connectivity index (χ1v) is 16.8. The minimum absolute atomic E-state index is 0.0170. The number of imidazole rings is 1. The molecule has 3 aromatic rings. The minimum atomic E-state index is -0.0170. The van der Waals surface area contributed by atoms with Gasteiger partial charge in [0.05, 0.1) is 0 Å². The number of nitrogens with zero attached hydrogens (tertiary/aromatic N) is 2. The molecule has 0 saturated carbocycles. The Labute approximate surface area is 247 Å². The second kappa shape index (κ2) is 18.9. The van der Waals surface area contributed by atoms with Crippen molar-refractivity contribution >= 4 is 0 Å². The highest BCUT2D eigenvalue weighted by molar-refractivity contribution is 5.33. The molecule has 0 saturated heterocycles. The van der Waals surface area contributed by atoms with Gasteiger partial charge in [0.2, 0.25) is 0 Å². The molecule has 0 bridgehead atoms. The molecule has 2 heteroatoms. The first kappa shape index (κ1) is 32.2. The highest BCUT2D eigenvalue weighted by atomic mass is 15.1. The maximum Gasteiger partial charge on any atom is 0.112 e. The molecule has 0 spiro atoms. The van der Waals surface area contributed by atoms with Gasteiger partial charge in [-0.15, -0.1) is 0 Å². The van der Waals surface area contributed by atoms with Gasteiger partial charge < -0.3 is 4.57 Å². The monoisotopic (exact) mass is 542 g/mol. The lowest BCUT2D eigenvalue weighted by Gasteiger charge is -2.39.